The third-order valence-corrected chi connectivity index (χ3v) is 8.10. The minimum absolute atomic E-state index is 0.0493. The second-order valence-electron chi connectivity index (χ2n) is 10.9. The summed E-state index contributed by atoms with van der Waals surface area (Å²) >= 11 is 0. The Kier molecular flexibility index (Phi) is 7.08. The molecule has 0 saturated carbocycles. The molecule has 0 bridgehead atoms. The number of aromatic nitrogens is 2. The van der Waals surface area contributed by atoms with Gasteiger partial charge in [0.15, 0.2) is 5.82 Å². The van der Waals surface area contributed by atoms with Gasteiger partial charge in [-0.3, -0.25) is 0 Å². The van der Waals surface area contributed by atoms with E-state index in [0.29, 0.717) is 53.8 Å². The summed E-state index contributed by atoms with van der Waals surface area (Å²) in [6.45, 7) is 5.83. The average molecular weight is 549 g/mol. The highest BCUT2D eigenvalue weighted by Gasteiger charge is 2.32. The number of benzene rings is 2. The van der Waals surface area contributed by atoms with E-state index in [1.807, 2.05) is 19.9 Å². The SMILES string of the molecule is CCc1c(F)ccc2cc(O)cc(-c3nc4c5c(cc(OCC(C)CN)nc5c3F)N3CCCCCC3CO4)c12. The molecule has 2 atom stereocenters. The summed E-state index contributed by atoms with van der Waals surface area (Å²) in [5, 5.41) is 12.2. The number of pyridine rings is 2. The zero-order valence-electron chi connectivity index (χ0n) is 22.8. The van der Waals surface area contributed by atoms with Crippen LogP contribution in [0.5, 0.6) is 17.5 Å². The third-order valence-electron chi connectivity index (χ3n) is 8.10. The third kappa shape index (κ3) is 4.56. The van der Waals surface area contributed by atoms with Crippen molar-refractivity contribution >= 4 is 27.4 Å². The number of nitrogens with zero attached hydrogens (tertiary/aromatic N) is 3. The van der Waals surface area contributed by atoms with E-state index in [2.05, 4.69) is 9.88 Å². The fourth-order valence-corrected chi connectivity index (χ4v) is 5.95. The van der Waals surface area contributed by atoms with Crippen LogP contribution < -0.4 is 20.1 Å². The van der Waals surface area contributed by atoms with E-state index in [-0.39, 0.29) is 40.4 Å². The molecule has 0 radical (unpaired) electrons. The van der Waals surface area contributed by atoms with Crippen LogP contribution in [0.1, 0.15) is 45.1 Å². The molecule has 3 N–H and O–H groups in total. The van der Waals surface area contributed by atoms with Gasteiger partial charge in [-0.1, -0.05) is 32.8 Å². The Morgan fingerprint density at radius 2 is 2.00 bits per heavy atom. The van der Waals surface area contributed by atoms with Crippen LogP contribution in [0.4, 0.5) is 14.5 Å². The number of aromatic hydroxyl groups is 1. The first-order chi connectivity index (χ1) is 19.4. The van der Waals surface area contributed by atoms with Gasteiger partial charge in [-0.05, 0) is 60.3 Å². The summed E-state index contributed by atoms with van der Waals surface area (Å²) in [6.07, 6.45) is 4.56. The number of halogens is 2. The van der Waals surface area contributed by atoms with E-state index < -0.39 is 11.6 Å². The minimum atomic E-state index is -0.674. The molecule has 2 aromatic carbocycles. The minimum Gasteiger partial charge on any atom is -0.508 e. The molecule has 7 nitrogen and oxygen atoms in total. The number of phenolic OH excluding ortho intramolecular Hbond substituents is 1. The van der Waals surface area contributed by atoms with Crippen molar-refractivity contribution < 1.29 is 23.4 Å². The van der Waals surface area contributed by atoms with E-state index in [1.165, 1.54) is 12.1 Å². The summed E-state index contributed by atoms with van der Waals surface area (Å²) in [4.78, 5) is 11.6. The first-order valence-electron chi connectivity index (χ1n) is 14.1. The molecule has 2 unspecified atom stereocenters. The number of ether oxygens (including phenoxy) is 2. The number of anilines is 1. The molecule has 2 aliphatic heterocycles. The highest BCUT2D eigenvalue weighted by molar-refractivity contribution is 6.04. The van der Waals surface area contributed by atoms with Crippen LogP contribution in [0.15, 0.2) is 30.3 Å². The topological polar surface area (TPSA) is 93.7 Å². The molecule has 0 amide bonds. The molecule has 210 valence electrons. The van der Waals surface area contributed by atoms with E-state index in [4.69, 9.17) is 20.2 Å². The van der Waals surface area contributed by atoms with Crippen molar-refractivity contribution in [2.75, 3.05) is 31.2 Å². The predicted octanol–water partition coefficient (Wildman–Crippen LogP) is 6.11. The maximum absolute atomic E-state index is 16.7. The lowest BCUT2D eigenvalue weighted by atomic mass is 9.94. The van der Waals surface area contributed by atoms with Crippen molar-refractivity contribution in [2.24, 2.45) is 11.7 Å². The molecule has 6 rings (SSSR count). The summed E-state index contributed by atoms with van der Waals surface area (Å²) in [5.74, 6) is -0.465. The van der Waals surface area contributed by atoms with Gasteiger partial charge in [0, 0.05) is 24.1 Å². The first-order valence-corrected chi connectivity index (χ1v) is 14.1. The van der Waals surface area contributed by atoms with Crippen molar-refractivity contribution in [3.8, 4) is 28.8 Å². The number of nitrogens with two attached hydrogens (primary N) is 1. The lowest BCUT2D eigenvalue weighted by Crippen LogP contribution is -2.38. The first kappa shape index (κ1) is 26.5. The van der Waals surface area contributed by atoms with E-state index in [1.54, 1.807) is 12.1 Å². The number of aryl methyl sites for hydroxylation is 1. The average Bonchev–Trinajstić information content (AvgIpc) is 3.27. The van der Waals surface area contributed by atoms with Crippen LogP contribution in [0.25, 0.3) is 32.9 Å². The molecule has 4 heterocycles. The fraction of sp³-hybridized carbons (Fsp3) is 0.419. The largest absolute Gasteiger partial charge is 0.508 e. The number of hydrogen-bond acceptors (Lipinski definition) is 7. The zero-order chi connectivity index (χ0) is 28.0. The Balaban J connectivity index is 1.63. The van der Waals surface area contributed by atoms with Gasteiger partial charge in [0.1, 0.15) is 29.4 Å². The van der Waals surface area contributed by atoms with E-state index in [0.717, 1.165) is 37.9 Å². The lowest BCUT2D eigenvalue weighted by Gasteiger charge is -2.30. The molecule has 0 spiro atoms. The van der Waals surface area contributed by atoms with Crippen molar-refractivity contribution in [1.29, 1.82) is 0 Å². The summed E-state index contributed by atoms with van der Waals surface area (Å²) < 4.78 is 43.9. The van der Waals surface area contributed by atoms with Crippen LogP contribution in [0.2, 0.25) is 0 Å². The number of rotatable bonds is 6. The summed E-state index contributed by atoms with van der Waals surface area (Å²) in [7, 11) is 0. The smallest absolute Gasteiger partial charge is 0.225 e. The molecular weight excluding hydrogens is 514 g/mol. The molecule has 1 saturated heterocycles. The quantitative estimate of drug-likeness (QED) is 0.300. The van der Waals surface area contributed by atoms with Gasteiger partial charge in [0.25, 0.3) is 0 Å². The van der Waals surface area contributed by atoms with Gasteiger partial charge in [0.2, 0.25) is 11.8 Å². The van der Waals surface area contributed by atoms with Crippen molar-refractivity contribution in [2.45, 2.75) is 52.0 Å². The van der Waals surface area contributed by atoms with Crippen LogP contribution in [0.3, 0.4) is 0 Å². The maximum atomic E-state index is 16.7. The number of fused-ring (bicyclic) bond motifs is 3. The molecule has 2 aromatic heterocycles. The van der Waals surface area contributed by atoms with Crippen molar-refractivity contribution in [1.82, 2.24) is 9.97 Å². The van der Waals surface area contributed by atoms with E-state index in [9.17, 15) is 9.50 Å². The normalized spacial score (nSPS) is 17.7. The molecule has 40 heavy (non-hydrogen) atoms. The van der Waals surface area contributed by atoms with E-state index >= 15 is 4.39 Å². The Hall–Kier alpha value is -3.72. The monoisotopic (exact) mass is 548 g/mol. The zero-order valence-corrected chi connectivity index (χ0v) is 22.8. The molecule has 1 fully saturated rings. The standard InChI is InChI=1S/C31H34F2N4O3/c1-3-21-23(32)9-8-18-11-20(38)12-22(26(18)21)29-28(33)30-27-24(13-25(35-30)39-15-17(2)14-34)37-10-6-4-5-7-19(37)16-40-31(27)36-29/h8-9,11-13,17,19,38H,3-7,10,14-16,34H2,1-2H3. The van der Waals surface area contributed by atoms with Crippen molar-refractivity contribution in [3.05, 3.63) is 47.5 Å². The maximum Gasteiger partial charge on any atom is 0.225 e. The fourth-order valence-electron chi connectivity index (χ4n) is 5.95. The van der Waals surface area contributed by atoms with Gasteiger partial charge >= 0.3 is 0 Å². The Morgan fingerprint density at radius 1 is 1.15 bits per heavy atom. The van der Waals surface area contributed by atoms with Crippen molar-refractivity contribution in [3.63, 3.8) is 0 Å². The molecule has 4 aromatic rings. The Bertz CT molecular complexity index is 1600. The van der Waals surface area contributed by atoms with Crippen LogP contribution in [-0.4, -0.2) is 47.4 Å². The lowest BCUT2D eigenvalue weighted by molar-refractivity contribution is 0.255. The Morgan fingerprint density at radius 3 is 2.80 bits per heavy atom. The van der Waals surface area contributed by atoms with Gasteiger partial charge in [-0.15, -0.1) is 0 Å². The van der Waals surface area contributed by atoms with Gasteiger partial charge in [0.05, 0.1) is 23.7 Å². The van der Waals surface area contributed by atoms with Crippen LogP contribution in [0, 0.1) is 17.6 Å². The van der Waals surface area contributed by atoms with Gasteiger partial charge in [-0.25, -0.2) is 18.7 Å². The molecular formula is C31H34F2N4O3. The van der Waals surface area contributed by atoms with Gasteiger partial charge in [-0.2, -0.15) is 0 Å². The Labute approximate surface area is 231 Å². The highest BCUT2D eigenvalue weighted by atomic mass is 19.1. The van der Waals surface area contributed by atoms with Crippen LogP contribution in [-0.2, 0) is 6.42 Å². The number of hydrogen-bond donors (Lipinski definition) is 2. The molecule has 9 heteroatoms. The van der Waals surface area contributed by atoms with Crippen LogP contribution >= 0.6 is 0 Å². The summed E-state index contributed by atoms with van der Waals surface area (Å²) in [6, 6.07) is 7.89. The molecule has 2 aliphatic rings. The summed E-state index contributed by atoms with van der Waals surface area (Å²) in [5.41, 5.74) is 7.33. The second-order valence-corrected chi connectivity index (χ2v) is 10.9. The predicted molar refractivity (Wildman–Crippen MR) is 152 cm³/mol. The molecule has 0 aliphatic carbocycles. The van der Waals surface area contributed by atoms with Gasteiger partial charge < -0.3 is 25.2 Å². The highest BCUT2D eigenvalue weighted by Crippen LogP contribution is 2.45. The second kappa shape index (κ2) is 10.7. The number of phenols is 1.